The van der Waals surface area contributed by atoms with Crippen molar-refractivity contribution in [3.05, 3.63) is 46.5 Å². The van der Waals surface area contributed by atoms with Crippen LogP contribution in [0.4, 0.5) is 0 Å². The molecule has 1 aliphatic carbocycles. The van der Waals surface area contributed by atoms with Crippen LogP contribution >= 0.6 is 0 Å². The molecule has 1 saturated carbocycles. The van der Waals surface area contributed by atoms with E-state index < -0.39 is 0 Å². The molecule has 0 unspecified atom stereocenters. The Bertz CT molecular complexity index is 1660. The first-order chi connectivity index (χ1) is 32.9. The van der Waals surface area contributed by atoms with Crippen LogP contribution < -0.4 is 63.1 Å². The molecular weight excluding hydrogens is 869 g/mol. The molecule has 384 valence electrons. The van der Waals surface area contributed by atoms with E-state index in [0.717, 1.165) is 77.0 Å². The number of carbonyl (C=O) groups excluding carboxylic acids is 4. The van der Waals surface area contributed by atoms with Crippen molar-refractivity contribution in [2.24, 2.45) is 22.9 Å². The van der Waals surface area contributed by atoms with E-state index in [4.69, 9.17) is 41.9 Å². The van der Waals surface area contributed by atoms with Crippen molar-refractivity contribution in [3.8, 4) is 23.0 Å². The summed E-state index contributed by atoms with van der Waals surface area (Å²) in [5, 5.41) is 12.3. The largest absolute Gasteiger partial charge is 0.493 e. The van der Waals surface area contributed by atoms with Gasteiger partial charge in [0.05, 0.1) is 48.7 Å². The minimum atomic E-state index is -0.363. The number of rotatable bonds is 36. The first-order valence-corrected chi connectivity index (χ1v) is 25.1. The fourth-order valence-electron chi connectivity index (χ4n) is 7.62. The van der Waals surface area contributed by atoms with Gasteiger partial charge < -0.3 is 72.9 Å². The van der Waals surface area contributed by atoms with Crippen LogP contribution in [0.3, 0.4) is 0 Å². The van der Waals surface area contributed by atoms with Gasteiger partial charge in [-0.05, 0) is 169 Å². The van der Waals surface area contributed by atoms with E-state index in [1.54, 1.807) is 24.3 Å². The molecule has 0 aromatic heterocycles. The van der Waals surface area contributed by atoms with E-state index in [9.17, 15) is 19.2 Å². The number of likely N-dealkylation sites (N-methyl/N-ethyl adjacent to an activating group) is 2. The molecule has 1 aliphatic rings. The first-order valence-electron chi connectivity index (χ1n) is 25.1. The van der Waals surface area contributed by atoms with Crippen LogP contribution in [0.5, 0.6) is 23.0 Å². The number of nitrogens with zero attached hydrogens (tertiary/aromatic N) is 2. The van der Waals surface area contributed by atoms with Gasteiger partial charge >= 0.3 is 0 Å². The topological polar surface area (TPSA) is 264 Å². The van der Waals surface area contributed by atoms with Gasteiger partial charge in [-0.1, -0.05) is 0 Å². The number of amides is 4. The van der Waals surface area contributed by atoms with Gasteiger partial charge in [0.25, 0.3) is 23.6 Å². The van der Waals surface area contributed by atoms with Crippen molar-refractivity contribution in [1.29, 1.82) is 0 Å². The highest BCUT2D eigenvalue weighted by Crippen LogP contribution is 2.33. The van der Waals surface area contributed by atoms with Gasteiger partial charge in [0.2, 0.25) is 0 Å². The maximum Gasteiger partial charge on any atom is 0.255 e. The number of benzene rings is 2. The Morgan fingerprint density at radius 2 is 0.721 bits per heavy atom. The van der Waals surface area contributed by atoms with E-state index in [2.05, 4.69) is 21.3 Å². The zero-order valence-corrected chi connectivity index (χ0v) is 41.7. The molecule has 0 atom stereocenters. The third-order valence-electron chi connectivity index (χ3n) is 11.7. The molecule has 12 N–H and O–H groups in total. The molecule has 18 heteroatoms. The highest BCUT2D eigenvalue weighted by atomic mass is 16.5. The van der Waals surface area contributed by atoms with Gasteiger partial charge in [-0.2, -0.15) is 0 Å². The van der Waals surface area contributed by atoms with Crippen LogP contribution in [0.25, 0.3) is 0 Å². The van der Waals surface area contributed by atoms with Crippen LogP contribution in [0.15, 0.2) is 24.3 Å². The zero-order chi connectivity index (χ0) is 49.5. The summed E-state index contributed by atoms with van der Waals surface area (Å²) in [6, 6.07) is 6.07. The SMILES string of the molecule is CN(C)CCNC(=O)c1cc(C(=O)NC2CCC(NC(=O)c3cc(C(=O)NCCN(C)C)c(OCCCCCN)cc3OCCCCCN)CC2)c(OCCCCCN)cc1OCCCCCN. The van der Waals surface area contributed by atoms with Crippen LogP contribution in [-0.4, -0.2) is 152 Å². The monoisotopic (exact) mass is 955 g/mol. The molecule has 2 aromatic rings. The lowest BCUT2D eigenvalue weighted by molar-refractivity contribution is 0.0885. The normalized spacial score (nSPS) is 14.7. The van der Waals surface area contributed by atoms with Crippen molar-refractivity contribution in [3.63, 3.8) is 0 Å². The maximum absolute atomic E-state index is 14.2. The van der Waals surface area contributed by atoms with Crippen molar-refractivity contribution in [2.45, 2.75) is 115 Å². The van der Waals surface area contributed by atoms with Crippen molar-refractivity contribution in [1.82, 2.24) is 31.1 Å². The molecule has 0 aliphatic heterocycles. The Morgan fingerprint density at radius 3 is 0.985 bits per heavy atom. The predicted molar refractivity (Wildman–Crippen MR) is 269 cm³/mol. The van der Waals surface area contributed by atoms with E-state index in [0.29, 0.717) is 127 Å². The van der Waals surface area contributed by atoms with Gasteiger partial charge in [0.15, 0.2) is 0 Å². The number of ether oxygens (including phenoxy) is 4. The minimum Gasteiger partial charge on any atom is -0.493 e. The molecule has 68 heavy (non-hydrogen) atoms. The predicted octanol–water partition coefficient (Wildman–Crippen LogP) is 3.77. The molecule has 2 aromatic carbocycles. The standard InChI is InChI=1S/C50H86N10O8/c1-59(2)27-25-55-47(61)39-33-41(45(67-31-15-7-11-23-53)35-43(39)65-29-13-5-9-21-51)49(63)57-37-17-19-38(20-18-37)58-50(64)42-34-40(48(62)56-26-28-60(3)4)44(66-30-14-6-10-22-52)36-46(42)68-32-16-8-12-24-54/h33-38H,5-32,51-54H2,1-4H3,(H,55,61)(H,56,62)(H,57,63)(H,58,64). The van der Waals surface area contributed by atoms with Crippen LogP contribution in [0.2, 0.25) is 0 Å². The average molecular weight is 955 g/mol. The van der Waals surface area contributed by atoms with Crippen molar-refractivity contribution >= 4 is 23.6 Å². The summed E-state index contributed by atoms with van der Waals surface area (Å²) in [4.78, 5) is 59.6. The molecule has 0 radical (unpaired) electrons. The van der Waals surface area contributed by atoms with E-state index >= 15 is 0 Å². The quantitative estimate of drug-likeness (QED) is 0.0453. The molecule has 18 nitrogen and oxygen atoms in total. The van der Waals surface area contributed by atoms with E-state index in [1.807, 2.05) is 38.0 Å². The smallest absolute Gasteiger partial charge is 0.255 e. The summed E-state index contributed by atoms with van der Waals surface area (Å²) in [5.74, 6) is -0.0450. The van der Waals surface area contributed by atoms with E-state index in [1.165, 1.54) is 0 Å². The van der Waals surface area contributed by atoms with Crippen LogP contribution in [0, 0.1) is 0 Å². The third kappa shape index (κ3) is 21.7. The molecular formula is C50H86N10O8. The second-order valence-electron chi connectivity index (χ2n) is 18.1. The Balaban J connectivity index is 1.83. The van der Waals surface area contributed by atoms with Gasteiger partial charge in [0, 0.05) is 50.4 Å². The summed E-state index contributed by atoms with van der Waals surface area (Å²) >= 11 is 0. The summed E-state index contributed by atoms with van der Waals surface area (Å²) in [7, 11) is 7.72. The summed E-state index contributed by atoms with van der Waals surface area (Å²) in [6.45, 7) is 5.95. The Kier molecular flexibility index (Phi) is 28.6. The van der Waals surface area contributed by atoms with Gasteiger partial charge in [-0.25, -0.2) is 0 Å². The number of hydrogen-bond donors (Lipinski definition) is 8. The lowest BCUT2D eigenvalue weighted by atomic mass is 9.90. The molecule has 1 fully saturated rings. The number of nitrogens with one attached hydrogen (secondary N) is 4. The fourth-order valence-corrected chi connectivity index (χ4v) is 7.62. The number of unbranched alkanes of at least 4 members (excludes halogenated alkanes) is 8. The third-order valence-corrected chi connectivity index (χ3v) is 11.7. The number of nitrogens with two attached hydrogens (primary N) is 4. The molecule has 0 heterocycles. The number of hydrogen-bond acceptors (Lipinski definition) is 14. The number of carbonyl (C=O) groups is 4. The second-order valence-corrected chi connectivity index (χ2v) is 18.1. The molecule has 0 saturated heterocycles. The van der Waals surface area contributed by atoms with Crippen LogP contribution in [-0.2, 0) is 0 Å². The maximum atomic E-state index is 14.2. The first kappa shape index (κ1) is 57.6. The summed E-state index contributed by atoms with van der Waals surface area (Å²) in [5.41, 5.74) is 23.8. The second kappa shape index (κ2) is 33.7. The van der Waals surface area contributed by atoms with Crippen molar-refractivity contribution in [2.75, 3.05) is 107 Å². The molecule has 0 bridgehead atoms. The Labute approximate surface area is 406 Å². The Hall–Kier alpha value is -4.72. The summed E-state index contributed by atoms with van der Waals surface area (Å²) in [6.07, 6.45) is 12.4. The lowest BCUT2D eigenvalue weighted by Crippen LogP contribution is -2.44. The minimum absolute atomic E-state index is 0.199. The fraction of sp³-hybridized carbons (Fsp3) is 0.680. The van der Waals surface area contributed by atoms with Gasteiger partial charge in [0.1, 0.15) is 23.0 Å². The van der Waals surface area contributed by atoms with Gasteiger partial charge in [-0.15, -0.1) is 0 Å². The molecule has 4 amide bonds. The van der Waals surface area contributed by atoms with Crippen molar-refractivity contribution < 1.29 is 38.1 Å². The Morgan fingerprint density at radius 1 is 0.441 bits per heavy atom. The van der Waals surface area contributed by atoms with Gasteiger partial charge in [-0.3, -0.25) is 19.2 Å². The summed E-state index contributed by atoms with van der Waals surface area (Å²) < 4.78 is 24.8. The highest BCUT2D eigenvalue weighted by Gasteiger charge is 2.29. The average Bonchev–Trinajstić information content (AvgIpc) is 3.31. The zero-order valence-electron chi connectivity index (χ0n) is 41.7. The van der Waals surface area contributed by atoms with Crippen LogP contribution in [0.1, 0.15) is 144 Å². The molecule has 3 rings (SSSR count). The highest BCUT2D eigenvalue weighted by molar-refractivity contribution is 6.04. The van der Waals surface area contributed by atoms with E-state index in [-0.39, 0.29) is 58.0 Å². The molecule has 0 spiro atoms. The lowest BCUT2D eigenvalue weighted by Gasteiger charge is -2.30.